The van der Waals surface area contributed by atoms with Crippen molar-refractivity contribution in [2.75, 3.05) is 24.6 Å². The number of Topliss-reactive ketones (excluding diaryl/α,β-unsaturated/α-hetero) is 1. The number of aromatic carboxylic acids is 1. The zero-order chi connectivity index (χ0) is 24.7. The molecule has 3 aromatic heterocycles. The van der Waals surface area contributed by atoms with E-state index in [4.69, 9.17) is 4.74 Å². The van der Waals surface area contributed by atoms with Gasteiger partial charge >= 0.3 is 5.97 Å². The van der Waals surface area contributed by atoms with Crippen LogP contribution in [-0.2, 0) is 9.53 Å². The number of rotatable bonds is 7. The molecule has 5 rings (SSSR count). The molecule has 0 bridgehead atoms. The van der Waals surface area contributed by atoms with E-state index in [0.29, 0.717) is 31.1 Å². The zero-order valence-corrected chi connectivity index (χ0v) is 20.0. The molecule has 0 radical (unpaired) electrons. The molecule has 0 aliphatic carbocycles. The summed E-state index contributed by atoms with van der Waals surface area (Å²) in [5.41, 5.74) is -1.81. The van der Waals surface area contributed by atoms with Crippen LogP contribution in [0.3, 0.4) is 0 Å². The number of pyridine rings is 2. The molecule has 1 unspecified atom stereocenters. The van der Waals surface area contributed by atoms with Crippen molar-refractivity contribution < 1.29 is 23.8 Å². The monoisotopic (exact) mass is 500 g/mol. The van der Waals surface area contributed by atoms with Crippen molar-refractivity contribution in [1.82, 2.24) is 14.5 Å². The van der Waals surface area contributed by atoms with E-state index in [1.807, 2.05) is 6.92 Å². The number of aromatic nitrogens is 3. The molecule has 0 aromatic carbocycles. The molecule has 2 aliphatic heterocycles. The first kappa shape index (κ1) is 23.6. The van der Waals surface area contributed by atoms with Gasteiger partial charge < -0.3 is 14.7 Å². The van der Waals surface area contributed by atoms with Crippen molar-refractivity contribution in [3.63, 3.8) is 0 Å². The van der Waals surface area contributed by atoms with Crippen molar-refractivity contribution >= 4 is 39.9 Å². The highest BCUT2D eigenvalue weighted by Crippen LogP contribution is 2.37. The van der Waals surface area contributed by atoms with E-state index in [-0.39, 0.29) is 28.7 Å². The van der Waals surface area contributed by atoms with Gasteiger partial charge in [-0.3, -0.25) is 14.2 Å². The van der Waals surface area contributed by atoms with Crippen LogP contribution < -0.4 is 10.3 Å². The Kier molecular flexibility index (Phi) is 6.14. The number of fused-ring (bicyclic) bond motifs is 1. The van der Waals surface area contributed by atoms with Gasteiger partial charge in [0.25, 0.3) is 0 Å². The number of carbonyl (C=O) groups is 2. The summed E-state index contributed by atoms with van der Waals surface area (Å²) in [7, 11) is 0. The Labute approximate surface area is 204 Å². The Bertz CT molecular complexity index is 1340. The maximum Gasteiger partial charge on any atom is 0.341 e. The first-order valence-corrected chi connectivity index (χ1v) is 12.4. The highest BCUT2D eigenvalue weighted by atomic mass is 32.1. The van der Waals surface area contributed by atoms with Gasteiger partial charge in [0.2, 0.25) is 5.43 Å². The summed E-state index contributed by atoms with van der Waals surface area (Å²) >= 11 is 1.23. The van der Waals surface area contributed by atoms with E-state index in [0.717, 1.165) is 38.1 Å². The van der Waals surface area contributed by atoms with Crippen LogP contribution in [0.4, 0.5) is 10.2 Å². The smallest absolute Gasteiger partial charge is 0.341 e. The number of thiazole rings is 1. The van der Waals surface area contributed by atoms with Gasteiger partial charge in [0.15, 0.2) is 22.4 Å². The molecule has 1 N–H and O–H groups in total. The van der Waals surface area contributed by atoms with Crippen LogP contribution >= 0.6 is 11.3 Å². The number of hydrogen-bond acceptors (Lipinski definition) is 8. The molecule has 0 amide bonds. The minimum Gasteiger partial charge on any atom is -0.477 e. The number of anilines is 1. The molecule has 0 saturated carbocycles. The molecule has 5 heterocycles. The normalized spacial score (nSPS) is 19.5. The Morgan fingerprint density at radius 2 is 2.14 bits per heavy atom. The number of ether oxygens (including phenoxy) is 1. The largest absolute Gasteiger partial charge is 0.477 e. The predicted molar refractivity (Wildman–Crippen MR) is 128 cm³/mol. The molecule has 184 valence electrons. The summed E-state index contributed by atoms with van der Waals surface area (Å²) in [5, 5.41) is 11.4. The van der Waals surface area contributed by atoms with Gasteiger partial charge in [-0.25, -0.2) is 19.2 Å². The lowest BCUT2D eigenvalue weighted by Gasteiger charge is -2.47. The molecule has 2 fully saturated rings. The lowest BCUT2D eigenvalue weighted by Crippen LogP contribution is -2.59. The number of ketones is 1. The van der Waals surface area contributed by atoms with Gasteiger partial charge in [-0.15, -0.1) is 11.3 Å². The number of carboxylic acid groups (broad SMARTS) is 1. The van der Waals surface area contributed by atoms with E-state index in [1.165, 1.54) is 15.9 Å². The Morgan fingerprint density at radius 1 is 1.34 bits per heavy atom. The summed E-state index contributed by atoms with van der Waals surface area (Å²) < 4.78 is 22.2. The van der Waals surface area contributed by atoms with Gasteiger partial charge in [0, 0.05) is 43.9 Å². The Morgan fingerprint density at radius 3 is 2.80 bits per heavy atom. The second kappa shape index (κ2) is 9.12. The summed E-state index contributed by atoms with van der Waals surface area (Å²) in [6, 6.07) is 1.02. The van der Waals surface area contributed by atoms with Crippen molar-refractivity contribution in [1.29, 1.82) is 0 Å². The molecule has 35 heavy (non-hydrogen) atoms. The summed E-state index contributed by atoms with van der Waals surface area (Å²) in [6.45, 7) is 3.23. The molecular formula is C24H25FN4O5S. The average Bonchev–Trinajstić information content (AvgIpc) is 3.36. The number of carboxylic acids is 1. The first-order valence-electron chi connectivity index (χ1n) is 11.6. The fraction of sp³-hybridized carbons (Fsp3) is 0.458. The van der Waals surface area contributed by atoms with Gasteiger partial charge in [0.05, 0.1) is 16.9 Å². The van der Waals surface area contributed by atoms with Crippen molar-refractivity contribution in [3.8, 4) is 5.13 Å². The number of carbonyl (C=O) groups excluding carboxylic acids is 1. The van der Waals surface area contributed by atoms with Gasteiger partial charge in [-0.05, 0) is 38.7 Å². The lowest BCUT2D eigenvalue weighted by atomic mass is 9.76. The second-order valence-electron chi connectivity index (χ2n) is 9.39. The van der Waals surface area contributed by atoms with Crippen molar-refractivity contribution in [3.05, 3.63) is 45.4 Å². The van der Waals surface area contributed by atoms with E-state index < -0.39 is 28.2 Å². The third kappa shape index (κ3) is 4.34. The van der Waals surface area contributed by atoms with E-state index in [2.05, 4.69) is 9.97 Å². The SMILES string of the molecule is CC1(C(=O)CCC2CCCCO2)CN(c2nc3c(cc2F)c(=O)c(C(=O)O)cn3-c2nccs2)C1. The Balaban J connectivity index is 1.41. The van der Waals surface area contributed by atoms with Crippen LogP contribution in [0.2, 0.25) is 0 Å². The van der Waals surface area contributed by atoms with E-state index >= 15 is 4.39 Å². The second-order valence-corrected chi connectivity index (χ2v) is 10.3. The molecule has 9 nitrogen and oxygen atoms in total. The zero-order valence-electron chi connectivity index (χ0n) is 19.2. The quantitative estimate of drug-likeness (QED) is 0.525. The average molecular weight is 501 g/mol. The number of nitrogens with zero attached hydrogens (tertiary/aromatic N) is 4. The topological polar surface area (TPSA) is 115 Å². The van der Waals surface area contributed by atoms with Crippen LogP contribution in [-0.4, -0.2) is 57.2 Å². The molecular weight excluding hydrogens is 475 g/mol. The highest BCUT2D eigenvalue weighted by molar-refractivity contribution is 7.12. The summed E-state index contributed by atoms with van der Waals surface area (Å²) in [5.74, 6) is -2.02. The molecule has 11 heteroatoms. The molecule has 2 aliphatic rings. The third-order valence-corrected chi connectivity index (χ3v) is 7.56. The van der Waals surface area contributed by atoms with Crippen molar-refractivity contribution in [2.24, 2.45) is 5.41 Å². The summed E-state index contributed by atoms with van der Waals surface area (Å²) in [4.78, 5) is 47.5. The molecule has 3 aromatic rings. The van der Waals surface area contributed by atoms with Gasteiger partial charge in [-0.2, -0.15) is 0 Å². The maximum atomic E-state index is 15.1. The van der Waals surface area contributed by atoms with Crippen LogP contribution in [0.5, 0.6) is 0 Å². The Hall–Kier alpha value is -3.18. The first-order chi connectivity index (χ1) is 16.8. The van der Waals surface area contributed by atoms with Crippen LogP contribution in [0.1, 0.15) is 49.4 Å². The van der Waals surface area contributed by atoms with Gasteiger partial charge in [-0.1, -0.05) is 0 Å². The minimum atomic E-state index is -1.41. The van der Waals surface area contributed by atoms with Gasteiger partial charge in [0.1, 0.15) is 11.3 Å². The van der Waals surface area contributed by atoms with Crippen LogP contribution in [0, 0.1) is 11.2 Å². The van der Waals surface area contributed by atoms with Crippen LogP contribution in [0.25, 0.3) is 16.2 Å². The van der Waals surface area contributed by atoms with Crippen LogP contribution in [0.15, 0.2) is 28.6 Å². The lowest BCUT2D eigenvalue weighted by molar-refractivity contribution is -0.130. The number of halogens is 1. The van der Waals surface area contributed by atoms with E-state index in [9.17, 15) is 19.5 Å². The fourth-order valence-electron chi connectivity index (χ4n) is 4.82. The fourth-order valence-corrected chi connectivity index (χ4v) is 5.44. The molecule has 0 spiro atoms. The highest BCUT2D eigenvalue weighted by Gasteiger charge is 2.46. The maximum absolute atomic E-state index is 15.1. The number of hydrogen-bond donors (Lipinski definition) is 1. The standard InChI is InChI=1S/C24H25FN4O5S/c1-24(18(30)6-5-14-4-2-3-8-34-14)12-28(13-24)21-17(25)10-15-19(31)16(22(32)33)11-29(20(15)27-21)23-26-7-9-35-23/h7,9-11,14H,2-6,8,12-13H2,1H3,(H,32,33). The molecule has 2 saturated heterocycles. The minimum absolute atomic E-state index is 0.0196. The third-order valence-electron chi connectivity index (χ3n) is 6.79. The summed E-state index contributed by atoms with van der Waals surface area (Å²) in [6.07, 6.45) is 7.12. The van der Waals surface area contributed by atoms with E-state index in [1.54, 1.807) is 16.5 Å². The van der Waals surface area contributed by atoms with Crippen molar-refractivity contribution in [2.45, 2.75) is 45.1 Å². The predicted octanol–water partition coefficient (Wildman–Crippen LogP) is 3.42. The molecule has 1 atom stereocenters.